The maximum atomic E-state index is 13.0. The van der Waals surface area contributed by atoms with E-state index in [2.05, 4.69) is 12.2 Å². The van der Waals surface area contributed by atoms with E-state index in [1.807, 2.05) is 4.90 Å². The summed E-state index contributed by atoms with van der Waals surface area (Å²) >= 11 is 0. The Morgan fingerprint density at radius 3 is 2.08 bits per heavy atom. The highest BCUT2D eigenvalue weighted by molar-refractivity contribution is 6.09. The zero-order valence-electron chi connectivity index (χ0n) is 14.1. The molecule has 2 heterocycles. The van der Waals surface area contributed by atoms with Gasteiger partial charge >= 0.3 is 0 Å². The van der Waals surface area contributed by atoms with E-state index in [4.69, 9.17) is 0 Å². The molecule has 2 saturated heterocycles. The minimum atomic E-state index is -0.649. The molecule has 0 aromatic heterocycles. The monoisotopic (exact) mass is 328 g/mol. The van der Waals surface area contributed by atoms with Gasteiger partial charge in [0.1, 0.15) is 6.04 Å². The molecule has 2 saturated carbocycles. The van der Waals surface area contributed by atoms with Crippen molar-refractivity contribution in [3.05, 3.63) is 12.2 Å². The highest BCUT2D eigenvalue weighted by atomic mass is 16.2. The van der Waals surface area contributed by atoms with Crippen molar-refractivity contribution < 1.29 is 14.4 Å². The molecular formula is C19H24N2O3. The number of allylic oxidation sites excluding steroid dienone is 2. The molecule has 4 aliphatic carbocycles. The predicted molar refractivity (Wildman–Crippen MR) is 86.4 cm³/mol. The van der Waals surface area contributed by atoms with Crippen LogP contribution in [0.25, 0.3) is 0 Å². The van der Waals surface area contributed by atoms with Crippen LogP contribution in [0.15, 0.2) is 12.2 Å². The van der Waals surface area contributed by atoms with Gasteiger partial charge in [-0.05, 0) is 56.3 Å². The van der Waals surface area contributed by atoms with E-state index in [-0.39, 0.29) is 41.4 Å². The van der Waals surface area contributed by atoms with Crippen LogP contribution >= 0.6 is 0 Å². The molecule has 0 unspecified atom stereocenters. The second-order valence-corrected chi connectivity index (χ2v) is 8.26. The number of likely N-dealkylation sites (tertiary alicyclic amines) is 2. The number of rotatable bonds is 2. The van der Waals surface area contributed by atoms with Crippen molar-refractivity contribution in [2.24, 2.45) is 35.5 Å². The van der Waals surface area contributed by atoms with Gasteiger partial charge in [-0.3, -0.25) is 19.3 Å². The minimum Gasteiger partial charge on any atom is -0.341 e. The van der Waals surface area contributed by atoms with Crippen molar-refractivity contribution in [1.29, 1.82) is 0 Å². The molecule has 6 aliphatic rings. The van der Waals surface area contributed by atoms with E-state index in [9.17, 15) is 14.4 Å². The SMILES string of the molecule is C[C@H](C(=O)N1CCCCC1)N1C(=O)[C@@H]2[C@H]3C=C[C@@H]([C@@H]4C[C@H]34)[C@H]2C1=O. The lowest BCUT2D eigenvalue weighted by Gasteiger charge is -2.37. The summed E-state index contributed by atoms with van der Waals surface area (Å²) in [5.74, 6) is 1.02. The average Bonchev–Trinajstić information content (AvgIpc) is 3.39. The van der Waals surface area contributed by atoms with Gasteiger partial charge < -0.3 is 4.90 Å². The van der Waals surface area contributed by atoms with E-state index in [0.717, 1.165) is 38.8 Å². The first-order valence-electron chi connectivity index (χ1n) is 9.43. The topological polar surface area (TPSA) is 57.7 Å². The van der Waals surface area contributed by atoms with Gasteiger partial charge in [0.25, 0.3) is 0 Å². The van der Waals surface area contributed by atoms with E-state index >= 15 is 0 Å². The van der Waals surface area contributed by atoms with Crippen molar-refractivity contribution >= 4 is 17.7 Å². The molecule has 2 bridgehead atoms. The number of hydrogen-bond donors (Lipinski definition) is 0. The third-order valence-corrected chi connectivity index (χ3v) is 7.11. The summed E-state index contributed by atoms with van der Waals surface area (Å²) in [5, 5.41) is 0. The Kier molecular flexibility index (Phi) is 3.01. The Morgan fingerprint density at radius 2 is 1.54 bits per heavy atom. The molecule has 7 atom stereocenters. The molecule has 5 nitrogen and oxygen atoms in total. The quantitative estimate of drug-likeness (QED) is 0.569. The predicted octanol–water partition coefficient (Wildman–Crippen LogP) is 1.44. The number of carbonyl (C=O) groups is 3. The summed E-state index contributed by atoms with van der Waals surface area (Å²) in [6.45, 7) is 3.24. The fourth-order valence-corrected chi connectivity index (χ4v) is 5.85. The lowest BCUT2D eigenvalue weighted by molar-refractivity contribution is -0.151. The summed E-state index contributed by atoms with van der Waals surface area (Å²) in [5.41, 5.74) is 0. The maximum Gasteiger partial charge on any atom is 0.245 e. The molecule has 4 fully saturated rings. The van der Waals surface area contributed by atoms with Gasteiger partial charge in [0.15, 0.2) is 0 Å². The Labute approximate surface area is 142 Å². The number of amides is 3. The first kappa shape index (κ1) is 14.7. The van der Waals surface area contributed by atoms with Crippen LogP contribution in [-0.4, -0.2) is 46.7 Å². The number of imide groups is 1. The third-order valence-electron chi connectivity index (χ3n) is 7.11. The third kappa shape index (κ3) is 1.78. The fourth-order valence-electron chi connectivity index (χ4n) is 5.85. The Bertz CT molecular complexity index is 615. The summed E-state index contributed by atoms with van der Waals surface area (Å²) in [4.78, 5) is 42.0. The smallest absolute Gasteiger partial charge is 0.245 e. The number of piperidine rings is 1. The highest BCUT2D eigenvalue weighted by Gasteiger charge is 2.67. The fraction of sp³-hybridized carbons (Fsp3) is 0.737. The minimum absolute atomic E-state index is 0.0551. The van der Waals surface area contributed by atoms with Gasteiger partial charge in [0.2, 0.25) is 17.7 Å². The molecule has 24 heavy (non-hydrogen) atoms. The van der Waals surface area contributed by atoms with Crippen LogP contribution in [0.2, 0.25) is 0 Å². The Morgan fingerprint density at radius 1 is 1.00 bits per heavy atom. The molecule has 6 rings (SSSR count). The molecular weight excluding hydrogens is 304 g/mol. The van der Waals surface area contributed by atoms with Crippen molar-refractivity contribution in [3.63, 3.8) is 0 Å². The first-order valence-corrected chi connectivity index (χ1v) is 9.43. The van der Waals surface area contributed by atoms with Crippen LogP contribution in [0.3, 0.4) is 0 Å². The molecule has 3 amide bonds. The molecule has 0 spiro atoms. The van der Waals surface area contributed by atoms with E-state index < -0.39 is 6.04 Å². The van der Waals surface area contributed by atoms with Crippen LogP contribution < -0.4 is 0 Å². The van der Waals surface area contributed by atoms with Gasteiger partial charge in [-0.15, -0.1) is 0 Å². The van der Waals surface area contributed by atoms with Gasteiger partial charge in [-0.25, -0.2) is 0 Å². The summed E-state index contributed by atoms with van der Waals surface area (Å²) in [6.07, 6.45) is 8.70. The lowest BCUT2D eigenvalue weighted by atomic mass is 9.63. The molecule has 0 aromatic rings. The zero-order valence-corrected chi connectivity index (χ0v) is 14.1. The molecule has 5 heteroatoms. The number of nitrogens with zero attached hydrogens (tertiary/aromatic N) is 2. The highest BCUT2D eigenvalue weighted by Crippen LogP contribution is 2.65. The van der Waals surface area contributed by atoms with Crippen LogP contribution in [-0.2, 0) is 14.4 Å². The molecule has 2 aliphatic heterocycles. The molecule has 0 N–H and O–H groups in total. The summed E-state index contributed by atoms with van der Waals surface area (Å²) < 4.78 is 0. The van der Waals surface area contributed by atoms with Crippen molar-refractivity contribution in [2.45, 2.75) is 38.6 Å². The normalized spacial score (nSPS) is 43.7. The van der Waals surface area contributed by atoms with Crippen LogP contribution in [0.1, 0.15) is 32.6 Å². The number of carbonyl (C=O) groups excluding carboxylic acids is 3. The van der Waals surface area contributed by atoms with E-state index in [1.165, 1.54) is 4.90 Å². The largest absolute Gasteiger partial charge is 0.341 e. The van der Waals surface area contributed by atoms with E-state index in [1.54, 1.807) is 6.92 Å². The molecule has 128 valence electrons. The van der Waals surface area contributed by atoms with Crippen molar-refractivity contribution in [3.8, 4) is 0 Å². The Balaban J connectivity index is 1.40. The Hall–Kier alpha value is -1.65. The summed E-state index contributed by atoms with van der Waals surface area (Å²) in [6, 6.07) is -0.649. The maximum absolute atomic E-state index is 13.0. The van der Waals surface area contributed by atoms with Crippen molar-refractivity contribution in [1.82, 2.24) is 9.80 Å². The molecule has 0 radical (unpaired) electrons. The second kappa shape index (κ2) is 4.93. The van der Waals surface area contributed by atoms with Gasteiger partial charge in [-0.1, -0.05) is 12.2 Å². The van der Waals surface area contributed by atoms with Gasteiger partial charge in [0.05, 0.1) is 11.8 Å². The lowest BCUT2D eigenvalue weighted by Crippen LogP contribution is -2.51. The standard InChI is InChI=1S/C19H24N2O3/c1-10(17(22)20-7-3-2-4-8-20)21-18(23)15-11-5-6-12(14-9-13(11)14)16(15)19(21)24/h5-6,10-16H,2-4,7-9H2,1H3/t10-,11+,12+,13-,14+,15-,16-/m1/s1. The van der Waals surface area contributed by atoms with Gasteiger partial charge in [-0.2, -0.15) is 0 Å². The first-order chi connectivity index (χ1) is 11.6. The van der Waals surface area contributed by atoms with Crippen molar-refractivity contribution in [2.75, 3.05) is 13.1 Å². The second-order valence-electron chi connectivity index (χ2n) is 8.26. The average molecular weight is 328 g/mol. The van der Waals surface area contributed by atoms with Crippen LogP contribution in [0.5, 0.6) is 0 Å². The van der Waals surface area contributed by atoms with Crippen LogP contribution in [0, 0.1) is 35.5 Å². The number of hydrogen-bond acceptors (Lipinski definition) is 3. The van der Waals surface area contributed by atoms with Gasteiger partial charge in [0, 0.05) is 13.1 Å². The molecule has 0 aromatic carbocycles. The van der Waals surface area contributed by atoms with E-state index in [0.29, 0.717) is 11.8 Å². The van der Waals surface area contributed by atoms with Crippen LogP contribution in [0.4, 0.5) is 0 Å². The zero-order chi connectivity index (χ0) is 16.6. The summed E-state index contributed by atoms with van der Waals surface area (Å²) in [7, 11) is 0.